The molecule has 1 atom stereocenters. The van der Waals surface area contributed by atoms with E-state index in [0.29, 0.717) is 11.3 Å². The number of amides is 1. The molecule has 0 saturated heterocycles. The van der Waals surface area contributed by atoms with Gasteiger partial charge >= 0.3 is 6.09 Å². The largest absolute Gasteiger partial charge is 0.497 e. The van der Waals surface area contributed by atoms with Gasteiger partial charge in [-0.15, -0.1) is 0 Å². The van der Waals surface area contributed by atoms with Gasteiger partial charge in [0, 0.05) is 5.56 Å². The Morgan fingerprint density at radius 3 is 2.31 bits per heavy atom. The molecule has 1 amide bonds. The first-order valence-corrected chi connectivity index (χ1v) is 4.72. The summed E-state index contributed by atoms with van der Waals surface area (Å²) in [6.45, 7) is 1.50. The standard InChI is InChI=1S/C11H13NO4/c1-7(12-11(14)15)10(13)8-3-5-9(16-2)6-4-8/h3-7,12H,1-2H3,(H,14,15). The van der Waals surface area contributed by atoms with Crippen LogP contribution in [0.3, 0.4) is 0 Å². The van der Waals surface area contributed by atoms with Crippen LogP contribution in [0.15, 0.2) is 24.3 Å². The lowest BCUT2D eigenvalue weighted by Crippen LogP contribution is -2.37. The molecule has 0 aromatic heterocycles. The monoisotopic (exact) mass is 223 g/mol. The second-order valence-corrected chi connectivity index (χ2v) is 3.26. The number of ether oxygens (including phenoxy) is 1. The minimum Gasteiger partial charge on any atom is -0.497 e. The summed E-state index contributed by atoms with van der Waals surface area (Å²) in [7, 11) is 1.53. The highest BCUT2D eigenvalue weighted by Gasteiger charge is 2.16. The third-order valence-corrected chi connectivity index (χ3v) is 2.11. The molecule has 86 valence electrons. The maximum absolute atomic E-state index is 11.7. The summed E-state index contributed by atoms with van der Waals surface area (Å²) < 4.78 is 4.95. The third-order valence-electron chi connectivity index (χ3n) is 2.11. The van der Waals surface area contributed by atoms with E-state index >= 15 is 0 Å². The number of carbonyl (C=O) groups is 2. The second kappa shape index (κ2) is 5.16. The van der Waals surface area contributed by atoms with E-state index in [1.54, 1.807) is 24.3 Å². The first-order chi connectivity index (χ1) is 7.54. The zero-order valence-electron chi connectivity index (χ0n) is 9.06. The van der Waals surface area contributed by atoms with E-state index in [1.165, 1.54) is 14.0 Å². The molecule has 16 heavy (non-hydrogen) atoms. The number of rotatable bonds is 4. The van der Waals surface area contributed by atoms with Gasteiger partial charge in [0.25, 0.3) is 0 Å². The van der Waals surface area contributed by atoms with Crippen LogP contribution >= 0.6 is 0 Å². The fourth-order valence-corrected chi connectivity index (χ4v) is 1.26. The lowest BCUT2D eigenvalue weighted by Gasteiger charge is -2.10. The Balaban J connectivity index is 2.75. The molecule has 0 spiro atoms. The van der Waals surface area contributed by atoms with Crippen LogP contribution in [0, 0.1) is 0 Å². The Kier molecular flexibility index (Phi) is 3.88. The molecule has 0 saturated carbocycles. The number of hydrogen-bond acceptors (Lipinski definition) is 3. The summed E-state index contributed by atoms with van der Waals surface area (Å²) in [6, 6.07) is 5.75. The number of ketones is 1. The number of carboxylic acid groups (broad SMARTS) is 1. The van der Waals surface area contributed by atoms with Gasteiger partial charge in [-0.25, -0.2) is 4.79 Å². The molecule has 0 heterocycles. The summed E-state index contributed by atoms with van der Waals surface area (Å²) >= 11 is 0. The van der Waals surface area contributed by atoms with Crippen molar-refractivity contribution in [1.29, 1.82) is 0 Å². The normalized spacial score (nSPS) is 11.6. The summed E-state index contributed by atoms with van der Waals surface area (Å²) in [5, 5.41) is 10.6. The molecule has 0 aliphatic rings. The second-order valence-electron chi connectivity index (χ2n) is 3.26. The quantitative estimate of drug-likeness (QED) is 0.759. The molecule has 1 aromatic rings. The summed E-state index contributed by atoms with van der Waals surface area (Å²) in [4.78, 5) is 22.1. The molecule has 0 radical (unpaired) electrons. The van der Waals surface area contributed by atoms with Crippen molar-refractivity contribution in [3.63, 3.8) is 0 Å². The molecule has 0 aliphatic carbocycles. The van der Waals surface area contributed by atoms with E-state index in [9.17, 15) is 9.59 Å². The van der Waals surface area contributed by atoms with Crippen molar-refractivity contribution >= 4 is 11.9 Å². The number of hydrogen-bond donors (Lipinski definition) is 2. The molecular formula is C11H13NO4. The van der Waals surface area contributed by atoms with Gasteiger partial charge in [-0.3, -0.25) is 4.79 Å². The van der Waals surface area contributed by atoms with Crippen molar-refractivity contribution in [2.24, 2.45) is 0 Å². The lowest BCUT2D eigenvalue weighted by atomic mass is 10.1. The molecule has 0 bridgehead atoms. The van der Waals surface area contributed by atoms with Crippen molar-refractivity contribution < 1.29 is 19.4 Å². The van der Waals surface area contributed by atoms with Gasteiger partial charge in [0.2, 0.25) is 0 Å². The van der Waals surface area contributed by atoms with E-state index in [4.69, 9.17) is 9.84 Å². The Bertz CT molecular complexity index is 385. The van der Waals surface area contributed by atoms with Crippen molar-refractivity contribution in [2.45, 2.75) is 13.0 Å². The zero-order chi connectivity index (χ0) is 12.1. The zero-order valence-corrected chi connectivity index (χ0v) is 9.06. The molecular weight excluding hydrogens is 210 g/mol. The van der Waals surface area contributed by atoms with Crippen molar-refractivity contribution in [3.05, 3.63) is 29.8 Å². The topological polar surface area (TPSA) is 75.6 Å². The number of Topliss-reactive ketones (excluding diaryl/α,β-unsaturated/α-hetero) is 1. The number of nitrogens with one attached hydrogen (secondary N) is 1. The van der Waals surface area contributed by atoms with Gasteiger partial charge in [0.15, 0.2) is 5.78 Å². The Labute approximate surface area is 93.0 Å². The first kappa shape index (κ1) is 12.0. The van der Waals surface area contributed by atoms with Crippen LogP contribution in [0.4, 0.5) is 4.79 Å². The molecule has 5 heteroatoms. The molecule has 1 aromatic carbocycles. The summed E-state index contributed by atoms with van der Waals surface area (Å²) in [5.41, 5.74) is 0.446. The van der Waals surface area contributed by atoms with Crippen LogP contribution in [0.2, 0.25) is 0 Å². The number of benzene rings is 1. The highest BCUT2D eigenvalue weighted by atomic mass is 16.5. The van der Waals surface area contributed by atoms with Crippen LogP contribution in [0.1, 0.15) is 17.3 Å². The maximum Gasteiger partial charge on any atom is 0.405 e. The van der Waals surface area contributed by atoms with Crippen LogP contribution in [-0.4, -0.2) is 30.1 Å². The average molecular weight is 223 g/mol. The highest BCUT2D eigenvalue weighted by molar-refractivity contribution is 6.01. The van der Waals surface area contributed by atoms with E-state index in [2.05, 4.69) is 5.32 Å². The average Bonchev–Trinajstić information content (AvgIpc) is 2.27. The van der Waals surface area contributed by atoms with E-state index in [1.807, 2.05) is 0 Å². The SMILES string of the molecule is COc1ccc(C(=O)C(C)NC(=O)O)cc1. The first-order valence-electron chi connectivity index (χ1n) is 4.72. The highest BCUT2D eigenvalue weighted by Crippen LogP contribution is 2.12. The van der Waals surface area contributed by atoms with Crippen molar-refractivity contribution in [1.82, 2.24) is 5.32 Å². The number of carbonyl (C=O) groups excluding carboxylic acids is 1. The van der Waals surface area contributed by atoms with Crippen LogP contribution in [0.5, 0.6) is 5.75 Å². The van der Waals surface area contributed by atoms with Gasteiger partial charge in [-0.1, -0.05) is 0 Å². The number of methoxy groups -OCH3 is 1. The van der Waals surface area contributed by atoms with Gasteiger partial charge in [0.05, 0.1) is 13.2 Å². The van der Waals surface area contributed by atoms with Crippen LogP contribution < -0.4 is 10.1 Å². The van der Waals surface area contributed by atoms with Crippen molar-refractivity contribution in [3.8, 4) is 5.75 Å². The summed E-state index contributed by atoms with van der Waals surface area (Å²) in [5.74, 6) is 0.375. The van der Waals surface area contributed by atoms with E-state index in [-0.39, 0.29) is 5.78 Å². The smallest absolute Gasteiger partial charge is 0.405 e. The molecule has 1 unspecified atom stereocenters. The predicted molar refractivity (Wildman–Crippen MR) is 57.9 cm³/mol. The van der Waals surface area contributed by atoms with Gasteiger partial charge in [-0.05, 0) is 31.2 Å². The van der Waals surface area contributed by atoms with E-state index < -0.39 is 12.1 Å². The minimum absolute atomic E-state index is 0.273. The lowest BCUT2D eigenvalue weighted by molar-refractivity contribution is 0.0945. The van der Waals surface area contributed by atoms with Gasteiger partial charge in [0.1, 0.15) is 5.75 Å². The van der Waals surface area contributed by atoms with Crippen LogP contribution in [-0.2, 0) is 0 Å². The maximum atomic E-state index is 11.7. The van der Waals surface area contributed by atoms with Gasteiger partial charge in [-0.2, -0.15) is 0 Å². The Hall–Kier alpha value is -2.04. The molecule has 0 aliphatic heterocycles. The molecule has 5 nitrogen and oxygen atoms in total. The summed E-state index contributed by atoms with van der Waals surface area (Å²) in [6.07, 6.45) is -1.21. The fraction of sp³-hybridized carbons (Fsp3) is 0.273. The van der Waals surface area contributed by atoms with Crippen LogP contribution in [0.25, 0.3) is 0 Å². The Morgan fingerprint density at radius 2 is 1.88 bits per heavy atom. The molecule has 1 rings (SSSR count). The minimum atomic E-state index is -1.21. The third kappa shape index (κ3) is 2.98. The predicted octanol–water partition coefficient (Wildman–Crippen LogP) is 1.53. The Morgan fingerprint density at radius 1 is 1.31 bits per heavy atom. The van der Waals surface area contributed by atoms with Gasteiger partial charge < -0.3 is 15.2 Å². The fourth-order valence-electron chi connectivity index (χ4n) is 1.26. The molecule has 0 fully saturated rings. The molecule has 2 N–H and O–H groups in total. The van der Waals surface area contributed by atoms with E-state index in [0.717, 1.165) is 0 Å². The van der Waals surface area contributed by atoms with Crippen molar-refractivity contribution in [2.75, 3.05) is 7.11 Å².